The predicted octanol–water partition coefficient (Wildman–Crippen LogP) is 5.79. The fourth-order valence-electron chi connectivity index (χ4n) is 5.27. The van der Waals surface area contributed by atoms with Crippen molar-refractivity contribution in [2.75, 3.05) is 18.6 Å². The molecule has 5 rings (SSSR count). The maximum absolute atomic E-state index is 13.9. The van der Waals surface area contributed by atoms with Crippen molar-refractivity contribution < 1.29 is 18.9 Å². The molecule has 0 aliphatic rings. The van der Waals surface area contributed by atoms with Gasteiger partial charge in [0.2, 0.25) is 0 Å². The van der Waals surface area contributed by atoms with Crippen molar-refractivity contribution in [3.05, 3.63) is 114 Å². The van der Waals surface area contributed by atoms with Gasteiger partial charge in [0.15, 0.2) is 12.7 Å². The van der Waals surface area contributed by atoms with Crippen LogP contribution in [0.3, 0.4) is 0 Å². The number of nitrogens with one attached hydrogen (secondary N) is 1. The Balaban J connectivity index is 1.60. The van der Waals surface area contributed by atoms with Crippen LogP contribution in [0, 0.1) is 0 Å². The Kier molecular flexibility index (Phi) is 9.36. The van der Waals surface area contributed by atoms with Crippen LogP contribution in [0.2, 0.25) is 0 Å². The van der Waals surface area contributed by atoms with Gasteiger partial charge >= 0.3 is 11.9 Å². The van der Waals surface area contributed by atoms with Crippen LogP contribution in [-0.2, 0) is 29.0 Å². The molecule has 0 radical (unpaired) electrons. The number of hydrogen-bond acceptors (Lipinski definition) is 4. The molecule has 0 saturated heterocycles. The van der Waals surface area contributed by atoms with Crippen molar-refractivity contribution in [1.82, 2.24) is 9.88 Å². The third kappa shape index (κ3) is 6.63. The van der Waals surface area contributed by atoms with Gasteiger partial charge in [-0.25, -0.2) is 4.79 Å². The highest BCUT2D eigenvalue weighted by Crippen LogP contribution is 2.29. The number of aromatic nitrogens is 2. The molecule has 6 nitrogen and oxygen atoms in total. The van der Waals surface area contributed by atoms with Gasteiger partial charge in [-0.05, 0) is 43.4 Å². The van der Waals surface area contributed by atoms with Gasteiger partial charge in [-0.15, -0.1) is 0 Å². The molecule has 2 aromatic heterocycles. The van der Waals surface area contributed by atoms with Crippen molar-refractivity contribution in [1.29, 1.82) is 0 Å². The lowest BCUT2D eigenvalue weighted by Gasteiger charge is -2.16. The number of nitrogens with zero attached hydrogens (tertiary/aromatic N) is 2. The second-order valence-corrected chi connectivity index (χ2v) is 11.0. The van der Waals surface area contributed by atoms with Gasteiger partial charge < -0.3 is 14.6 Å². The van der Waals surface area contributed by atoms with Gasteiger partial charge in [0.25, 0.3) is 5.69 Å². The summed E-state index contributed by atoms with van der Waals surface area (Å²) in [5.41, 5.74) is 5.07. The van der Waals surface area contributed by atoms with Crippen LogP contribution in [0.1, 0.15) is 35.0 Å². The summed E-state index contributed by atoms with van der Waals surface area (Å²) in [7, 11) is 0. The molecule has 0 bridgehead atoms. The van der Waals surface area contributed by atoms with Crippen molar-refractivity contribution >= 4 is 45.4 Å². The molecule has 0 fully saturated rings. The summed E-state index contributed by atoms with van der Waals surface area (Å²) in [4.78, 5) is 26.6. The molecule has 0 saturated carbocycles. The number of ether oxygens (including phenoxy) is 1. The zero-order valence-electron chi connectivity index (χ0n) is 23.6. The Morgan fingerprint density at radius 2 is 1.59 bits per heavy atom. The number of amides is 1. The Bertz CT molecular complexity index is 1630. The fourth-order valence-corrected chi connectivity index (χ4v) is 5.74. The SMILES string of the molecule is CCOC(=O)C(CCSC)NC(=O)c1cc2c3ccccc3n(CCc3ccccc3)c2c[n+]1Cc1ccccc1. The summed E-state index contributed by atoms with van der Waals surface area (Å²) in [5.74, 6) is 0.0491. The van der Waals surface area contributed by atoms with Crippen molar-refractivity contribution in [2.45, 2.75) is 38.9 Å². The number of carbonyl (C=O) groups excluding carboxylic acids is 2. The highest BCUT2D eigenvalue weighted by atomic mass is 32.2. The molecule has 2 heterocycles. The minimum atomic E-state index is -0.706. The van der Waals surface area contributed by atoms with E-state index < -0.39 is 12.0 Å². The van der Waals surface area contributed by atoms with Crippen LogP contribution in [0.4, 0.5) is 0 Å². The minimum absolute atomic E-state index is 0.271. The molecule has 5 aromatic rings. The third-order valence-electron chi connectivity index (χ3n) is 7.30. The van der Waals surface area contributed by atoms with Gasteiger partial charge in [0.1, 0.15) is 11.6 Å². The standard InChI is InChI=1S/C34H35N3O3S/c1-3-40-34(39)29(19-21-41-2)35-33(38)31-22-28-27-16-10-11-17-30(27)37(20-18-25-12-6-4-7-13-25)32(28)24-36(31)23-26-14-8-5-9-15-26/h4-17,22,24,29H,3,18-21,23H2,1-2H3/p+1. The molecular weight excluding hydrogens is 530 g/mol. The summed E-state index contributed by atoms with van der Waals surface area (Å²) < 4.78 is 9.63. The first-order chi connectivity index (χ1) is 20.1. The van der Waals surface area contributed by atoms with Crippen LogP contribution in [0.15, 0.2) is 97.2 Å². The normalized spacial score (nSPS) is 12.0. The maximum Gasteiger partial charge on any atom is 0.328 e. The van der Waals surface area contributed by atoms with Crippen LogP contribution in [-0.4, -0.2) is 41.1 Å². The Hall–Kier alpha value is -4.10. The first kappa shape index (κ1) is 28.4. The second-order valence-electron chi connectivity index (χ2n) is 10.0. The number of para-hydroxylation sites is 1. The molecular formula is C34H36N3O3S+. The molecule has 1 atom stereocenters. The van der Waals surface area contributed by atoms with Gasteiger partial charge in [-0.3, -0.25) is 4.79 Å². The van der Waals surface area contributed by atoms with Crippen molar-refractivity contribution in [3.63, 3.8) is 0 Å². The van der Waals surface area contributed by atoms with E-state index >= 15 is 0 Å². The number of aryl methyl sites for hydroxylation is 2. The lowest BCUT2D eigenvalue weighted by atomic mass is 10.1. The third-order valence-corrected chi connectivity index (χ3v) is 7.95. The van der Waals surface area contributed by atoms with E-state index in [0.717, 1.165) is 46.1 Å². The molecule has 1 N–H and O–H groups in total. The van der Waals surface area contributed by atoms with E-state index in [0.29, 0.717) is 18.7 Å². The predicted molar refractivity (Wildman–Crippen MR) is 166 cm³/mol. The first-order valence-electron chi connectivity index (χ1n) is 14.1. The van der Waals surface area contributed by atoms with Gasteiger partial charge in [0, 0.05) is 34.5 Å². The Morgan fingerprint density at radius 1 is 0.902 bits per heavy atom. The van der Waals surface area contributed by atoms with E-state index in [2.05, 4.69) is 70.7 Å². The smallest absolute Gasteiger partial charge is 0.328 e. The number of thioether (sulfide) groups is 1. The average Bonchev–Trinajstić information content (AvgIpc) is 3.31. The average molecular weight is 567 g/mol. The van der Waals surface area contributed by atoms with Crippen LogP contribution >= 0.6 is 11.8 Å². The highest BCUT2D eigenvalue weighted by Gasteiger charge is 2.29. The van der Waals surface area contributed by atoms with Crippen LogP contribution in [0.5, 0.6) is 0 Å². The number of fused-ring (bicyclic) bond motifs is 3. The van der Waals surface area contributed by atoms with E-state index in [9.17, 15) is 9.59 Å². The van der Waals surface area contributed by atoms with Gasteiger partial charge in [-0.2, -0.15) is 16.3 Å². The van der Waals surface area contributed by atoms with E-state index in [4.69, 9.17) is 4.74 Å². The van der Waals surface area contributed by atoms with Crippen molar-refractivity contribution in [2.24, 2.45) is 0 Å². The first-order valence-corrected chi connectivity index (χ1v) is 15.5. The minimum Gasteiger partial charge on any atom is -0.464 e. The topological polar surface area (TPSA) is 64.2 Å². The molecule has 1 amide bonds. The van der Waals surface area contributed by atoms with Crippen LogP contribution < -0.4 is 9.88 Å². The summed E-state index contributed by atoms with van der Waals surface area (Å²) in [6.07, 6.45) is 5.47. The largest absolute Gasteiger partial charge is 0.464 e. The molecule has 1 unspecified atom stereocenters. The lowest BCUT2D eigenvalue weighted by Crippen LogP contribution is -2.49. The maximum atomic E-state index is 13.9. The number of hydrogen-bond donors (Lipinski definition) is 1. The fraction of sp³-hybridized carbons (Fsp3) is 0.265. The van der Waals surface area contributed by atoms with Gasteiger partial charge in [0.05, 0.1) is 6.61 Å². The zero-order chi connectivity index (χ0) is 28.6. The second kappa shape index (κ2) is 13.5. The Labute approximate surface area is 245 Å². The quantitative estimate of drug-likeness (QED) is 0.153. The summed E-state index contributed by atoms with van der Waals surface area (Å²) >= 11 is 1.64. The molecule has 0 spiro atoms. The van der Waals surface area contributed by atoms with Gasteiger partial charge in [-0.1, -0.05) is 78.9 Å². The molecule has 7 heteroatoms. The zero-order valence-corrected chi connectivity index (χ0v) is 24.4. The lowest BCUT2D eigenvalue weighted by molar-refractivity contribution is -0.689. The summed E-state index contributed by atoms with van der Waals surface area (Å²) in [5, 5.41) is 5.10. The number of pyridine rings is 1. The van der Waals surface area contributed by atoms with Crippen molar-refractivity contribution in [3.8, 4) is 0 Å². The van der Waals surface area contributed by atoms with E-state index in [1.165, 1.54) is 5.56 Å². The molecule has 41 heavy (non-hydrogen) atoms. The van der Waals surface area contributed by atoms with E-state index in [1.54, 1.807) is 18.7 Å². The number of benzene rings is 3. The molecule has 3 aromatic carbocycles. The molecule has 0 aliphatic heterocycles. The summed E-state index contributed by atoms with van der Waals surface area (Å²) in [6, 6.07) is 30.2. The highest BCUT2D eigenvalue weighted by molar-refractivity contribution is 7.98. The number of rotatable bonds is 12. The monoisotopic (exact) mass is 566 g/mol. The molecule has 210 valence electrons. The number of esters is 1. The molecule has 0 aliphatic carbocycles. The Morgan fingerprint density at radius 3 is 2.29 bits per heavy atom. The van der Waals surface area contributed by atoms with E-state index in [-0.39, 0.29) is 12.5 Å². The summed E-state index contributed by atoms with van der Waals surface area (Å²) in [6.45, 7) is 3.38. The number of carbonyl (C=O) groups is 2. The van der Waals surface area contributed by atoms with Crippen LogP contribution in [0.25, 0.3) is 21.8 Å². The van der Waals surface area contributed by atoms with E-state index in [1.807, 2.05) is 47.2 Å².